The van der Waals surface area contributed by atoms with Crippen molar-refractivity contribution in [1.82, 2.24) is 0 Å². The lowest BCUT2D eigenvalue weighted by atomic mass is 9.45. The van der Waals surface area contributed by atoms with Crippen molar-refractivity contribution in [1.29, 1.82) is 0 Å². The van der Waals surface area contributed by atoms with Crippen molar-refractivity contribution in [2.75, 3.05) is 0 Å². The molecule has 3 rings (SSSR count). The van der Waals surface area contributed by atoms with Crippen molar-refractivity contribution < 1.29 is 0 Å². The van der Waals surface area contributed by atoms with Crippen LogP contribution in [-0.2, 0) is 0 Å². The Morgan fingerprint density at radius 1 is 1.46 bits per heavy atom. The predicted octanol–water partition coefficient (Wildman–Crippen LogP) is 2.73. The molecule has 3 unspecified atom stereocenters. The molecule has 0 saturated heterocycles. The Balaban J connectivity index is 2.03. The molecule has 3 atom stereocenters. The summed E-state index contributed by atoms with van der Waals surface area (Å²) in [7, 11) is 0. The van der Waals surface area contributed by atoms with Crippen molar-refractivity contribution in [3.8, 4) is 0 Å². The van der Waals surface area contributed by atoms with E-state index in [2.05, 4.69) is 13.8 Å². The highest BCUT2D eigenvalue weighted by molar-refractivity contribution is 7.80. The van der Waals surface area contributed by atoms with Crippen LogP contribution in [0.1, 0.15) is 39.5 Å². The summed E-state index contributed by atoms with van der Waals surface area (Å²) in [6.45, 7) is 4.83. The minimum atomic E-state index is 0.577. The molecule has 3 saturated carbocycles. The molecule has 0 aromatic heterocycles. The molecule has 0 amide bonds. The zero-order valence-electron chi connectivity index (χ0n) is 8.55. The smallest absolute Gasteiger partial charge is 0.0730 e. The number of fused-ring (bicyclic) bond motifs is 2. The van der Waals surface area contributed by atoms with Gasteiger partial charge in [-0.3, -0.25) is 0 Å². The Labute approximate surface area is 86.1 Å². The maximum atomic E-state index is 5.62. The predicted molar refractivity (Wildman–Crippen MR) is 59.5 cm³/mol. The maximum Gasteiger partial charge on any atom is 0.0730 e. The fourth-order valence-electron chi connectivity index (χ4n) is 3.47. The zero-order chi connectivity index (χ0) is 9.64. The summed E-state index contributed by atoms with van der Waals surface area (Å²) >= 11 is 5.00. The summed E-state index contributed by atoms with van der Waals surface area (Å²) in [6.07, 6.45) is 5.17. The molecule has 0 radical (unpaired) electrons. The SMILES string of the molecule is CC1(C)C2CCC(CC(N)=S)C1C2. The van der Waals surface area contributed by atoms with Crippen molar-refractivity contribution in [3.63, 3.8) is 0 Å². The number of rotatable bonds is 2. The lowest BCUT2D eigenvalue weighted by Crippen LogP contribution is -2.52. The molecule has 0 heterocycles. The van der Waals surface area contributed by atoms with Gasteiger partial charge in [-0.05, 0) is 42.4 Å². The summed E-state index contributed by atoms with van der Waals surface area (Å²) in [4.78, 5) is 0.714. The fraction of sp³-hybridized carbons (Fsp3) is 0.909. The molecule has 1 nitrogen and oxygen atoms in total. The Hall–Kier alpha value is -0.110. The first kappa shape index (κ1) is 9.45. The Kier molecular flexibility index (Phi) is 2.14. The molecule has 0 spiro atoms. The molecule has 74 valence electrons. The van der Waals surface area contributed by atoms with E-state index in [1.165, 1.54) is 19.3 Å². The van der Waals surface area contributed by atoms with E-state index in [1.807, 2.05) is 0 Å². The average Bonchev–Trinajstić information content (AvgIpc) is 2.03. The maximum absolute atomic E-state index is 5.62. The standard InChI is InChI=1S/C11H19NS/c1-11(2)8-4-3-7(5-10(12)13)9(11)6-8/h7-9H,3-6H2,1-2H3,(H2,12,13). The van der Waals surface area contributed by atoms with Gasteiger partial charge >= 0.3 is 0 Å². The summed E-state index contributed by atoms with van der Waals surface area (Å²) in [6, 6.07) is 0. The Morgan fingerprint density at radius 2 is 2.15 bits per heavy atom. The van der Waals surface area contributed by atoms with Gasteiger partial charge in [-0.25, -0.2) is 0 Å². The van der Waals surface area contributed by atoms with Crippen LogP contribution in [0.4, 0.5) is 0 Å². The van der Waals surface area contributed by atoms with Gasteiger partial charge in [-0.2, -0.15) is 0 Å². The number of hydrogen-bond acceptors (Lipinski definition) is 1. The van der Waals surface area contributed by atoms with Gasteiger partial charge in [-0.15, -0.1) is 0 Å². The topological polar surface area (TPSA) is 26.0 Å². The first-order valence-corrected chi connectivity index (χ1v) is 5.71. The Bertz CT molecular complexity index is 232. The average molecular weight is 197 g/mol. The van der Waals surface area contributed by atoms with Gasteiger partial charge in [0, 0.05) is 6.42 Å². The van der Waals surface area contributed by atoms with Gasteiger partial charge in [0.1, 0.15) is 0 Å². The molecule has 2 heteroatoms. The minimum Gasteiger partial charge on any atom is -0.393 e. The molecule has 2 bridgehead atoms. The largest absolute Gasteiger partial charge is 0.393 e. The molecule has 3 fully saturated rings. The quantitative estimate of drug-likeness (QED) is 0.689. The first-order valence-electron chi connectivity index (χ1n) is 5.30. The summed E-state index contributed by atoms with van der Waals surface area (Å²) < 4.78 is 0. The molecule has 0 aromatic carbocycles. The zero-order valence-corrected chi connectivity index (χ0v) is 9.36. The van der Waals surface area contributed by atoms with Crippen LogP contribution in [0.2, 0.25) is 0 Å². The van der Waals surface area contributed by atoms with E-state index in [0.29, 0.717) is 10.4 Å². The highest BCUT2D eigenvalue weighted by Crippen LogP contribution is 2.61. The van der Waals surface area contributed by atoms with Crippen LogP contribution in [-0.4, -0.2) is 4.99 Å². The summed E-state index contributed by atoms with van der Waals surface area (Å²) in [5, 5.41) is 0. The van der Waals surface area contributed by atoms with Crippen LogP contribution >= 0.6 is 12.2 Å². The van der Waals surface area contributed by atoms with Gasteiger partial charge in [-0.1, -0.05) is 26.1 Å². The van der Waals surface area contributed by atoms with Crippen LogP contribution in [0, 0.1) is 23.2 Å². The van der Waals surface area contributed by atoms with Gasteiger partial charge in [0.25, 0.3) is 0 Å². The lowest BCUT2D eigenvalue weighted by molar-refractivity contribution is -0.102. The van der Waals surface area contributed by atoms with Crippen LogP contribution in [0.5, 0.6) is 0 Å². The van der Waals surface area contributed by atoms with Crippen molar-refractivity contribution in [3.05, 3.63) is 0 Å². The second kappa shape index (κ2) is 2.94. The first-order chi connectivity index (χ1) is 6.01. The lowest BCUT2D eigenvalue weighted by Gasteiger charge is -2.60. The second-order valence-corrected chi connectivity index (χ2v) is 5.89. The van der Waals surface area contributed by atoms with Gasteiger partial charge < -0.3 is 5.73 Å². The van der Waals surface area contributed by atoms with E-state index in [1.54, 1.807) is 0 Å². The van der Waals surface area contributed by atoms with E-state index < -0.39 is 0 Å². The van der Waals surface area contributed by atoms with E-state index in [9.17, 15) is 0 Å². The monoisotopic (exact) mass is 197 g/mol. The molecular formula is C11H19NS. The van der Waals surface area contributed by atoms with Gasteiger partial charge in [0.2, 0.25) is 0 Å². The van der Waals surface area contributed by atoms with E-state index in [4.69, 9.17) is 18.0 Å². The molecule has 13 heavy (non-hydrogen) atoms. The van der Waals surface area contributed by atoms with Crippen LogP contribution in [0.3, 0.4) is 0 Å². The molecule has 0 aliphatic heterocycles. The number of hydrogen-bond donors (Lipinski definition) is 1. The molecule has 3 aliphatic carbocycles. The number of thiocarbonyl (C=S) groups is 1. The highest BCUT2D eigenvalue weighted by atomic mass is 32.1. The minimum absolute atomic E-state index is 0.577. The van der Waals surface area contributed by atoms with Crippen LogP contribution < -0.4 is 5.73 Å². The molecule has 2 N–H and O–H groups in total. The Morgan fingerprint density at radius 3 is 2.62 bits per heavy atom. The third-order valence-electron chi connectivity index (χ3n) is 4.46. The second-order valence-electron chi connectivity index (χ2n) is 5.37. The molecular weight excluding hydrogens is 178 g/mol. The van der Waals surface area contributed by atoms with Crippen LogP contribution in [0.25, 0.3) is 0 Å². The van der Waals surface area contributed by atoms with Crippen LogP contribution in [0.15, 0.2) is 0 Å². The van der Waals surface area contributed by atoms with Crippen molar-refractivity contribution in [2.45, 2.75) is 39.5 Å². The fourth-order valence-corrected chi connectivity index (χ4v) is 3.68. The van der Waals surface area contributed by atoms with Gasteiger partial charge in [0.05, 0.1) is 4.99 Å². The van der Waals surface area contributed by atoms with E-state index in [0.717, 1.165) is 24.2 Å². The summed E-state index contributed by atoms with van der Waals surface area (Å²) in [5.41, 5.74) is 6.20. The molecule has 0 aromatic rings. The summed E-state index contributed by atoms with van der Waals surface area (Å²) in [5.74, 6) is 2.67. The van der Waals surface area contributed by atoms with Gasteiger partial charge in [0.15, 0.2) is 0 Å². The van der Waals surface area contributed by atoms with Crippen molar-refractivity contribution in [2.24, 2.45) is 28.9 Å². The normalized spacial score (nSPS) is 40.9. The van der Waals surface area contributed by atoms with E-state index in [-0.39, 0.29) is 0 Å². The third-order valence-corrected chi connectivity index (χ3v) is 4.63. The van der Waals surface area contributed by atoms with E-state index >= 15 is 0 Å². The third kappa shape index (κ3) is 1.39. The molecule has 3 aliphatic rings. The number of nitrogens with two attached hydrogens (primary N) is 1. The van der Waals surface area contributed by atoms with Crippen molar-refractivity contribution >= 4 is 17.2 Å². The highest BCUT2D eigenvalue weighted by Gasteiger charge is 2.53.